The lowest BCUT2D eigenvalue weighted by Crippen LogP contribution is -2.36. The van der Waals surface area contributed by atoms with Crippen LogP contribution < -0.4 is 0 Å². The van der Waals surface area contributed by atoms with Gasteiger partial charge in [-0.25, -0.2) is 19.6 Å². The largest absolute Gasteiger partial charge is 0.444 e. The Morgan fingerprint density at radius 3 is 1.98 bits per heavy atom. The smallest absolute Gasteiger partial charge is 0.410 e. The van der Waals surface area contributed by atoms with Gasteiger partial charge in [-0.3, -0.25) is 9.80 Å². The molecule has 0 radical (unpaired) electrons. The number of nitrogens with zero attached hydrogens (tertiary/aromatic N) is 4. The van der Waals surface area contributed by atoms with Crippen LogP contribution in [0, 0.1) is 11.8 Å². The molecule has 10 nitrogen and oxygen atoms in total. The summed E-state index contributed by atoms with van der Waals surface area (Å²) in [6, 6.07) is 3.77. The summed E-state index contributed by atoms with van der Waals surface area (Å²) in [5.74, 6) is 7.01. The lowest BCUT2D eigenvalue weighted by atomic mass is 10.1. The van der Waals surface area contributed by atoms with Crippen molar-refractivity contribution in [3.63, 3.8) is 0 Å². The Balaban J connectivity index is 0.00000302. The van der Waals surface area contributed by atoms with Gasteiger partial charge in [-0.1, -0.05) is 23.9 Å². The van der Waals surface area contributed by atoms with Crippen LogP contribution >= 0.6 is 27.0 Å². The number of ether oxygens (including phenoxy) is 2. The molecule has 4 aromatic rings. The highest BCUT2D eigenvalue weighted by Crippen LogP contribution is 2.34. The van der Waals surface area contributed by atoms with Crippen molar-refractivity contribution in [1.82, 2.24) is 29.7 Å². The number of imidazole rings is 2. The van der Waals surface area contributed by atoms with Crippen LogP contribution in [0.3, 0.4) is 0 Å². The third-order valence-electron chi connectivity index (χ3n) is 7.71. The maximum atomic E-state index is 12.8. The number of carbonyl (C=O) groups is 2. The van der Waals surface area contributed by atoms with Crippen LogP contribution in [0.25, 0.3) is 22.3 Å². The molecule has 0 bridgehead atoms. The molecule has 2 saturated heterocycles. The summed E-state index contributed by atoms with van der Waals surface area (Å²) >= 11 is 0. The number of amides is 2. The van der Waals surface area contributed by atoms with Gasteiger partial charge < -0.3 is 19.4 Å². The van der Waals surface area contributed by atoms with Crippen LogP contribution in [-0.4, -0.2) is 66.2 Å². The second kappa shape index (κ2) is 14.6. The van der Waals surface area contributed by atoms with Gasteiger partial charge >= 0.3 is 12.2 Å². The number of rotatable bonds is 3. The fourth-order valence-corrected chi connectivity index (χ4v) is 5.72. The van der Waals surface area contributed by atoms with E-state index in [0.29, 0.717) is 47.9 Å². The predicted octanol–water partition coefficient (Wildman–Crippen LogP) is 7.72. The number of aromatic amines is 2. The number of nitrogens with one attached hydrogen (secondary N) is 2. The van der Waals surface area contributed by atoms with Gasteiger partial charge in [-0.15, -0.1) is 0 Å². The normalized spacial score (nSPS) is 18.9. The van der Waals surface area contributed by atoms with Gasteiger partial charge in [0.1, 0.15) is 22.9 Å². The third-order valence-corrected chi connectivity index (χ3v) is 7.71. The van der Waals surface area contributed by atoms with E-state index in [1.165, 1.54) is 6.20 Å². The zero-order valence-electron chi connectivity index (χ0n) is 32.1. The SMILES string of the molecule is S.S.[2H]c1c([2H])c(-c2cnc([C@@H]3CCCN3C(=O)OC(C)(C)C)[nH]2)c([2H])c([2H])c1C#Cc1ccc2nc([C@@H]3CCCN3C(=O)OC(C)(C)C)[nH]c2c1. The van der Waals surface area contributed by atoms with Gasteiger partial charge in [0.2, 0.25) is 0 Å². The molecule has 4 heterocycles. The maximum Gasteiger partial charge on any atom is 0.410 e. The molecule has 48 heavy (non-hydrogen) atoms. The molecule has 2 aliphatic heterocycles. The van der Waals surface area contributed by atoms with Crippen LogP contribution in [0.5, 0.6) is 0 Å². The molecule has 0 aliphatic carbocycles. The van der Waals surface area contributed by atoms with E-state index in [0.717, 1.165) is 24.8 Å². The van der Waals surface area contributed by atoms with Crippen molar-refractivity contribution < 1.29 is 24.5 Å². The molecular weight excluding hydrogens is 645 g/mol. The van der Waals surface area contributed by atoms with Crippen molar-refractivity contribution in [2.75, 3.05) is 13.1 Å². The fourth-order valence-electron chi connectivity index (χ4n) is 5.72. The second-order valence-electron chi connectivity index (χ2n) is 13.7. The minimum Gasteiger partial charge on any atom is -0.444 e. The number of aromatic nitrogens is 4. The Morgan fingerprint density at radius 1 is 0.833 bits per heavy atom. The number of fused-ring (bicyclic) bond motifs is 1. The number of H-pyrrole nitrogens is 2. The van der Waals surface area contributed by atoms with Crippen molar-refractivity contribution in [3.8, 4) is 23.1 Å². The van der Waals surface area contributed by atoms with E-state index in [2.05, 4.69) is 26.8 Å². The van der Waals surface area contributed by atoms with E-state index in [4.69, 9.17) is 19.9 Å². The van der Waals surface area contributed by atoms with E-state index >= 15 is 0 Å². The van der Waals surface area contributed by atoms with Crippen molar-refractivity contribution in [1.29, 1.82) is 0 Å². The second-order valence-corrected chi connectivity index (χ2v) is 13.7. The van der Waals surface area contributed by atoms with Crippen molar-refractivity contribution in [3.05, 3.63) is 71.3 Å². The van der Waals surface area contributed by atoms with Crippen LogP contribution in [0.15, 0.2) is 48.6 Å². The summed E-state index contributed by atoms with van der Waals surface area (Å²) in [7, 11) is 0. The van der Waals surface area contributed by atoms with Crippen molar-refractivity contribution >= 4 is 50.2 Å². The Bertz CT molecular complexity index is 2020. The minimum absolute atomic E-state index is 0. The van der Waals surface area contributed by atoms with Gasteiger partial charge in [-0.05, 0) is 103 Å². The molecule has 6 rings (SSSR count). The summed E-state index contributed by atoms with van der Waals surface area (Å²) < 4.78 is 46.1. The summed E-state index contributed by atoms with van der Waals surface area (Å²) in [6.45, 7) is 12.1. The van der Waals surface area contributed by atoms with E-state index in [1.807, 2.05) is 53.7 Å². The number of likely N-dealkylation sites (tertiary alicyclic amines) is 2. The maximum absolute atomic E-state index is 12.8. The molecule has 2 atom stereocenters. The zero-order chi connectivity index (χ0) is 36.1. The summed E-state index contributed by atoms with van der Waals surface area (Å²) in [4.78, 5) is 44.7. The third kappa shape index (κ3) is 8.49. The van der Waals surface area contributed by atoms with Crippen LogP contribution in [0.4, 0.5) is 9.59 Å². The monoisotopic (exact) mass is 694 g/mol. The molecule has 2 N–H and O–H groups in total. The minimum atomic E-state index is -0.643. The van der Waals surface area contributed by atoms with Crippen LogP contribution in [0.2, 0.25) is 0 Å². The topological polar surface area (TPSA) is 116 Å². The highest BCUT2D eigenvalue weighted by molar-refractivity contribution is 7.59. The first kappa shape index (κ1) is 31.2. The van der Waals surface area contributed by atoms with Crippen molar-refractivity contribution in [2.45, 2.75) is 90.5 Å². The molecule has 2 amide bonds. The predicted molar refractivity (Wildman–Crippen MR) is 197 cm³/mol. The Labute approximate surface area is 301 Å². The number of hydrogen-bond donors (Lipinski definition) is 2. The molecule has 2 aromatic carbocycles. The average Bonchev–Trinajstić information content (AvgIpc) is 3.84. The van der Waals surface area contributed by atoms with E-state index < -0.39 is 17.3 Å². The number of hydrogen-bond acceptors (Lipinski definition) is 6. The fraction of sp³-hybridized carbons (Fsp3) is 0.444. The quantitative estimate of drug-likeness (QED) is 0.212. The van der Waals surface area contributed by atoms with Crippen LogP contribution in [0.1, 0.15) is 108 Å². The summed E-state index contributed by atoms with van der Waals surface area (Å²) in [5.41, 5.74) is 1.14. The molecule has 0 saturated carbocycles. The molecule has 2 aliphatic rings. The van der Waals surface area contributed by atoms with Gasteiger partial charge in [0, 0.05) is 24.2 Å². The summed E-state index contributed by atoms with van der Waals surface area (Å²) in [6.07, 6.45) is 3.72. The standard InChI is InChI=1S/C36H42N6O4.2H2S/c1-35(2,3)45-33(43)41-19-7-9-29(41)31-37-22-28(40-31)25-16-13-23(14-17-25)11-12-24-15-18-26-27(21-24)39-32(38-26)30-10-8-20-42(30)34(44)46-36(4,5)6;;/h13-18,21-22,29-30H,7-10,19-20H2,1-6H3,(H,37,40)(H,38,39);2*1H2/t29-,30-;;/m0../s1/i13D,14D,16D,17D;;. The van der Waals surface area contributed by atoms with E-state index in [1.54, 1.807) is 15.9 Å². The molecule has 2 fully saturated rings. The lowest BCUT2D eigenvalue weighted by molar-refractivity contribution is 0.0208. The highest BCUT2D eigenvalue weighted by atomic mass is 32.1. The van der Waals surface area contributed by atoms with Crippen molar-refractivity contribution in [2.24, 2.45) is 0 Å². The Morgan fingerprint density at radius 2 is 1.40 bits per heavy atom. The number of carbonyl (C=O) groups excluding carboxylic acids is 2. The summed E-state index contributed by atoms with van der Waals surface area (Å²) in [5, 5.41) is 0. The van der Waals surface area contributed by atoms with Gasteiger partial charge in [0.05, 0.1) is 40.5 Å². The first-order chi connectivity index (χ1) is 23.5. The van der Waals surface area contributed by atoms with E-state index in [-0.39, 0.29) is 80.5 Å². The number of benzene rings is 2. The molecule has 0 spiro atoms. The first-order valence-corrected chi connectivity index (χ1v) is 15.7. The molecule has 12 heteroatoms. The zero-order valence-corrected chi connectivity index (χ0v) is 30.1. The highest BCUT2D eigenvalue weighted by Gasteiger charge is 2.36. The van der Waals surface area contributed by atoms with Gasteiger partial charge in [-0.2, -0.15) is 27.0 Å². The first-order valence-electron chi connectivity index (χ1n) is 17.7. The molecule has 0 unspecified atom stereocenters. The van der Waals surface area contributed by atoms with Gasteiger partial charge in [0.15, 0.2) is 0 Å². The van der Waals surface area contributed by atoms with Crippen LogP contribution in [-0.2, 0) is 9.47 Å². The molecular formula is C36H46N6O4S2. The Kier molecular flexibility index (Phi) is 9.48. The molecule has 256 valence electrons. The Hall–Kier alpha value is -4.08. The average molecular weight is 695 g/mol. The molecule has 2 aromatic heterocycles. The van der Waals surface area contributed by atoms with Gasteiger partial charge in [0.25, 0.3) is 0 Å². The lowest BCUT2D eigenvalue weighted by Gasteiger charge is -2.27. The van der Waals surface area contributed by atoms with E-state index in [9.17, 15) is 9.59 Å².